The fraction of sp³-hybridized carbons (Fsp3) is 0.333. The fourth-order valence-corrected chi connectivity index (χ4v) is 5.08. The smallest absolute Gasteiger partial charge is 0.307 e. The number of fused-ring (bicyclic) bond motifs is 1. The van der Waals surface area contributed by atoms with E-state index in [1.807, 2.05) is 36.4 Å². The highest BCUT2D eigenvalue weighted by Gasteiger charge is 2.23. The summed E-state index contributed by atoms with van der Waals surface area (Å²) in [6, 6.07) is 19.8. The molecule has 0 bridgehead atoms. The van der Waals surface area contributed by atoms with Crippen LogP contribution in [0.4, 0.5) is 4.39 Å². The Kier molecular flexibility index (Phi) is 10.7. The van der Waals surface area contributed by atoms with Gasteiger partial charge in [-0.2, -0.15) is 0 Å². The van der Waals surface area contributed by atoms with Crippen LogP contribution in [0.1, 0.15) is 55.3 Å². The summed E-state index contributed by atoms with van der Waals surface area (Å²) < 4.78 is 24.8. The molecule has 0 atom stereocenters. The van der Waals surface area contributed by atoms with Crippen molar-refractivity contribution >= 4 is 5.97 Å². The number of hydrogen-bond donors (Lipinski definition) is 3. The molecule has 1 aromatic heterocycles. The number of aryl methyl sites for hydroxylation is 2. The van der Waals surface area contributed by atoms with Crippen molar-refractivity contribution in [2.24, 2.45) is 0 Å². The maximum absolute atomic E-state index is 13.1. The van der Waals surface area contributed by atoms with Gasteiger partial charge >= 0.3 is 5.97 Å². The number of aliphatic hydroxyl groups excluding tert-OH is 1. The summed E-state index contributed by atoms with van der Waals surface area (Å²) in [7, 11) is 0. The lowest BCUT2D eigenvalue weighted by molar-refractivity contribution is -0.136. The number of aliphatic carboxylic acids is 1. The van der Waals surface area contributed by atoms with Crippen molar-refractivity contribution in [2.75, 3.05) is 13.2 Å². The Morgan fingerprint density at radius 3 is 2.30 bits per heavy atom. The minimum atomic E-state index is -0.949. The Morgan fingerprint density at radius 1 is 1.00 bits per heavy atom. The van der Waals surface area contributed by atoms with Crippen LogP contribution in [0.5, 0.6) is 11.5 Å². The third-order valence-electron chi connectivity index (χ3n) is 6.97. The molecule has 1 aliphatic heterocycles. The molecule has 8 heteroatoms. The lowest BCUT2D eigenvalue weighted by Crippen LogP contribution is -2.11. The summed E-state index contributed by atoms with van der Waals surface area (Å²) in [5, 5.41) is 28.5. The second kappa shape index (κ2) is 14.5. The molecule has 0 fully saturated rings. The quantitative estimate of drug-likeness (QED) is 0.196. The average Bonchev–Trinajstić information content (AvgIpc) is 2.98. The van der Waals surface area contributed by atoms with Crippen molar-refractivity contribution in [3.8, 4) is 33.8 Å². The standard InChI is InChI=1S/C32H30FNO5.C4H10O/c1-20-27(18-30(36)37)31(24-8-13-29-23(17-24)3-2-15-39-29)32(28(19-35)34-20)22-6-11-26(12-7-22)38-16-14-21-4-9-25(33)10-5-21;1-4(2,3)5/h4-13,17,35H,2-3,14-16,18-19H2,1H3,(H,36,37);5H,1-3H3. The van der Waals surface area contributed by atoms with Gasteiger partial charge in [-0.1, -0.05) is 30.3 Å². The highest BCUT2D eigenvalue weighted by Crippen LogP contribution is 2.41. The van der Waals surface area contributed by atoms with Crippen molar-refractivity contribution in [1.82, 2.24) is 4.98 Å². The highest BCUT2D eigenvalue weighted by atomic mass is 19.1. The van der Waals surface area contributed by atoms with E-state index in [1.165, 1.54) is 12.1 Å². The third-order valence-corrected chi connectivity index (χ3v) is 6.97. The minimum Gasteiger partial charge on any atom is -0.493 e. The van der Waals surface area contributed by atoms with Crippen molar-refractivity contribution in [3.05, 3.63) is 101 Å². The number of benzene rings is 3. The van der Waals surface area contributed by atoms with E-state index in [9.17, 15) is 19.4 Å². The maximum Gasteiger partial charge on any atom is 0.307 e. The Hall–Kier alpha value is -4.27. The highest BCUT2D eigenvalue weighted by molar-refractivity contribution is 5.90. The summed E-state index contributed by atoms with van der Waals surface area (Å²) in [6.45, 7) is 7.84. The molecule has 3 aromatic carbocycles. The molecule has 3 N–H and O–H groups in total. The number of carboxylic acid groups (broad SMARTS) is 1. The topological polar surface area (TPSA) is 109 Å². The zero-order chi connectivity index (χ0) is 31.9. The van der Waals surface area contributed by atoms with Crippen molar-refractivity contribution in [2.45, 2.75) is 65.6 Å². The van der Waals surface area contributed by atoms with E-state index in [2.05, 4.69) is 11.1 Å². The zero-order valence-corrected chi connectivity index (χ0v) is 25.7. The number of pyridine rings is 1. The van der Waals surface area contributed by atoms with Gasteiger partial charge in [-0.25, -0.2) is 4.39 Å². The van der Waals surface area contributed by atoms with E-state index in [1.54, 1.807) is 39.8 Å². The molecular formula is C36H40FNO6. The second-order valence-corrected chi connectivity index (χ2v) is 11.8. The fourth-order valence-electron chi connectivity index (χ4n) is 5.08. The first-order valence-electron chi connectivity index (χ1n) is 14.7. The zero-order valence-electron chi connectivity index (χ0n) is 25.7. The lowest BCUT2D eigenvalue weighted by Gasteiger charge is -2.22. The monoisotopic (exact) mass is 601 g/mol. The van der Waals surface area contributed by atoms with Gasteiger partial charge in [0.15, 0.2) is 0 Å². The van der Waals surface area contributed by atoms with Crippen LogP contribution >= 0.6 is 0 Å². The molecule has 4 aromatic rings. The number of nitrogens with zero attached hydrogens (tertiary/aromatic N) is 1. The Morgan fingerprint density at radius 2 is 1.66 bits per heavy atom. The van der Waals surface area contributed by atoms with Crippen LogP contribution in [-0.2, 0) is 30.7 Å². The largest absolute Gasteiger partial charge is 0.493 e. The summed E-state index contributed by atoms with van der Waals surface area (Å²) in [6.07, 6.45) is 2.26. The third kappa shape index (κ3) is 8.88. The number of aliphatic hydroxyl groups is 2. The van der Waals surface area contributed by atoms with Gasteiger partial charge in [0, 0.05) is 17.7 Å². The van der Waals surface area contributed by atoms with E-state index in [0.717, 1.165) is 46.4 Å². The van der Waals surface area contributed by atoms with E-state index < -0.39 is 11.6 Å². The molecule has 232 valence electrons. The van der Waals surface area contributed by atoms with Gasteiger partial charge in [-0.05, 0) is 110 Å². The van der Waals surface area contributed by atoms with Gasteiger partial charge in [0.1, 0.15) is 17.3 Å². The molecule has 0 radical (unpaired) electrons. The molecule has 1 aliphatic rings. The number of carbonyl (C=O) groups is 1. The van der Waals surface area contributed by atoms with Gasteiger partial charge in [0.25, 0.3) is 0 Å². The Bertz CT molecular complexity index is 1570. The molecule has 44 heavy (non-hydrogen) atoms. The number of aromatic nitrogens is 1. The molecule has 2 heterocycles. The van der Waals surface area contributed by atoms with Gasteiger partial charge in [0.2, 0.25) is 0 Å². The van der Waals surface area contributed by atoms with Gasteiger partial charge in [-0.15, -0.1) is 0 Å². The molecule has 0 unspecified atom stereocenters. The van der Waals surface area contributed by atoms with Crippen LogP contribution < -0.4 is 9.47 Å². The summed E-state index contributed by atoms with van der Waals surface area (Å²) in [5.74, 6) is 0.305. The van der Waals surface area contributed by atoms with Crippen LogP contribution in [0, 0.1) is 12.7 Å². The molecular weight excluding hydrogens is 561 g/mol. The van der Waals surface area contributed by atoms with Crippen molar-refractivity contribution < 1.29 is 34.0 Å². The molecule has 7 nitrogen and oxygen atoms in total. The number of ether oxygens (including phenoxy) is 2. The van der Waals surface area contributed by atoms with E-state index in [4.69, 9.17) is 14.6 Å². The van der Waals surface area contributed by atoms with Crippen molar-refractivity contribution in [3.63, 3.8) is 0 Å². The number of halogens is 1. The molecule has 0 saturated carbocycles. The Labute approximate surface area is 258 Å². The maximum atomic E-state index is 13.1. The first-order valence-corrected chi connectivity index (χ1v) is 14.7. The van der Waals surface area contributed by atoms with E-state index in [-0.39, 0.29) is 18.8 Å². The molecule has 0 saturated heterocycles. The number of hydrogen-bond acceptors (Lipinski definition) is 6. The van der Waals surface area contributed by atoms with E-state index >= 15 is 0 Å². The molecule has 0 aliphatic carbocycles. The average molecular weight is 602 g/mol. The summed E-state index contributed by atoms with van der Waals surface area (Å²) in [4.78, 5) is 16.5. The summed E-state index contributed by atoms with van der Waals surface area (Å²) in [5.41, 5.74) is 6.37. The SMILES string of the molecule is CC(C)(C)O.Cc1nc(CO)c(-c2ccc(OCCc3ccc(F)cc3)cc2)c(-c2ccc3c(c2)CCCO3)c1CC(=O)O. The number of rotatable bonds is 9. The normalized spacial score (nSPS) is 12.4. The first-order chi connectivity index (χ1) is 20.9. The predicted octanol–water partition coefficient (Wildman–Crippen LogP) is 6.71. The molecule has 0 amide bonds. The van der Waals surface area contributed by atoms with Crippen LogP contribution in [-0.4, -0.2) is 45.1 Å². The molecule has 5 rings (SSSR count). The summed E-state index contributed by atoms with van der Waals surface area (Å²) >= 11 is 0. The Balaban J connectivity index is 0.000000818. The van der Waals surface area contributed by atoms with Gasteiger partial charge in [-0.3, -0.25) is 9.78 Å². The van der Waals surface area contributed by atoms with Crippen LogP contribution in [0.25, 0.3) is 22.3 Å². The van der Waals surface area contributed by atoms with Crippen LogP contribution in [0.2, 0.25) is 0 Å². The van der Waals surface area contributed by atoms with Crippen LogP contribution in [0.3, 0.4) is 0 Å². The minimum absolute atomic E-state index is 0.189. The lowest BCUT2D eigenvalue weighted by atomic mass is 9.86. The first kappa shape index (κ1) is 32.6. The predicted molar refractivity (Wildman–Crippen MR) is 168 cm³/mol. The van der Waals surface area contributed by atoms with Crippen LogP contribution in [0.15, 0.2) is 66.7 Å². The molecule has 0 spiro atoms. The van der Waals surface area contributed by atoms with Crippen molar-refractivity contribution in [1.29, 1.82) is 0 Å². The number of carboxylic acids is 1. The van der Waals surface area contributed by atoms with E-state index in [0.29, 0.717) is 47.9 Å². The second-order valence-electron chi connectivity index (χ2n) is 11.8. The van der Waals surface area contributed by atoms with Gasteiger partial charge < -0.3 is 24.8 Å². The van der Waals surface area contributed by atoms with Gasteiger partial charge in [0.05, 0.1) is 37.5 Å².